The minimum Gasteiger partial charge on any atom is -0.319 e. The van der Waals surface area contributed by atoms with Crippen molar-refractivity contribution < 1.29 is 9.18 Å². The maximum atomic E-state index is 13.3. The van der Waals surface area contributed by atoms with E-state index in [0.29, 0.717) is 12.4 Å². The van der Waals surface area contributed by atoms with E-state index in [1.165, 1.54) is 12.1 Å². The number of carbonyl (C=O) groups excluding carboxylic acids is 1. The number of hydrogen-bond donors (Lipinski definition) is 1. The highest BCUT2D eigenvalue weighted by molar-refractivity contribution is 6.00. The first kappa shape index (κ1) is 17.6. The number of nitrogens with two attached hydrogens (primary N) is 1. The van der Waals surface area contributed by atoms with E-state index in [0.717, 1.165) is 36.2 Å². The van der Waals surface area contributed by atoms with Gasteiger partial charge in [0.1, 0.15) is 5.82 Å². The monoisotopic (exact) mass is 344 g/mol. The zero-order valence-electron chi connectivity index (χ0n) is 15.0. The Kier molecular flexibility index (Phi) is 4.90. The summed E-state index contributed by atoms with van der Waals surface area (Å²) in [6.07, 6.45) is 1.79. The van der Waals surface area contributed by atoms with Gasteiger partial charge in [-0.3, -0.25) is 14.4 Å². The number of nitrogens with zero attached hydrogens (tertiary/aromatic N) is 3. The number of carbonyl (C=O) groups is 1. The average molecular weight is 344 g/mol. The lowest BCUT2D eigenvalue weighted by atomic mass is 9.81. The Bertz CT molecular complexity index is 768. The second-order valence-electron chi connectivity index (χ2n) is 6.59. The molecule has 2 N–H and O–H groups in total. The predicted octanol–water partition coefficient (Wildman–Crippen LogP) is 2.96. The van der Waals surface area contributed by atoms with E-state index in [2.05, 4.69) is 6.92 Å². The minimum atomic E-state index is -0.692. The fourth-order valence-electron chi connectivity index (χ4n) is 3.63. The Hall–Kier alpha value is -2.21. The lowest BCUT2D eigenvalue weighted by Gasteiger charge is -2.35. The van der Waals surface area contributed by atoms with Crippen LogP contribution in [-0.2, 0) is 11.3 Å². The molecule has 2 heterocycles. The van der Waals surface area contributed by atoms with Gasteiger partial charge in [-0.15, -0.1) is 0 Å². The topological polar surface area (TPSA) is 64.2 Å². The highest BCUT2D eigenvalue weighted by Gasteiger charge is 2.42. The fraction of sp³-hybridized carbons (Fsp3) is 0.474. The van der Waals surface area contributed by atoms with E-state index in [4.69, 9.17) is 10.8 Å². The normalized spacial score (nSPS) is 20.0. The maximum absolute atomic E-state index is 13.3. The molecule has 0 saturated carbocycles. The van der Waals surface area contributed by atoms with Gasteiger partial charge in [0, 0.05) is 30.3 Å². The molecule has 0 aliphatic carbocycles. The lowest BCUT2D eigenvalue weighted by molar-refractivity contribution is -0.120. The van der Waals surface area contributed by atoms with Crippen molar-refractivity contribution in [2.75, 3.05) is 11.4 Å². The molecule has 0 unspecified atom stereocenters. The first-order valence-electron chi connectivity index (χ1n) is 8.89. The molecule has 2 aromatic rings. The largest absolute Gasteiger partial charge is 0.319 e. The summed E-state index contributed by atoms with van der Waals surface area (Å²) in [4.78, 5) is 14.6. The third-order valence-corrected chi connectivity index (χ3v) is 4.82. The van der Waals surface area contributed by atoms with Gasteiger partial charge in [0.15, 0.2) is 5.82 Å². The molecule has 0 spiro atoms. The van der Waals surface area contributed by atoms with Gasteiger partial charge in [0.2, 0.25) is 5.91 Å². The summed E-state index contributed by atoms with van der Waals surface area (Å²) in [5, 5.41) is 4.71. The number of aromatic nitrogens is 2. The lowest BCUT2D eigenvalue weighted by Crippen LogP contribution is -2.51. The standard InChI is InChI=1S/C19H25FN4O/c1-4-10-23-18-15(12(3)24(22-18)11-5-2)16(17(21)19(23)25)13-6-8-14(20)9-7-13/h6-9,16-17H,4-5,10-11,21H2,1-3H3/t16-,17-/m0/s1. The summed E-state index contributed by atoms with van der Waals surface area (Å²) < 4.78 is 15.3. The second kappa shape index (κ2) is 6.96. The summed E-state index contributed by atoms with van der Waals surface area (Å²) in [6, 6.07) is 5.56. The third-order valence-electron chi connectivity index (χ3n) is 4.82. The van der Waals surface area contributed by atoms with E-state index in [1.807, 2.05) is 18.5 Å². The van der Waals surface area contributed by atoms with Crippen LogP contribution in [0.1, 0.15) is 49.4 Å². The van der Waals surface area contributed by atoms with Crippen LogP contribution >= 0.6 is 0 Å². The number of amides is 1. The molecule has 0 bridgehead atoms. The van der Waals surface area contributed by atoms with Gasteiger partial charge in [0.05, 0.1) is 6.04 Å². The molecule has 5 nitrogen and oxygen atoms in total. The van der Waals surface area contributed by atoms with Gasteiger partial charge in [-0.25, -0.2) is 4.39 Å². The van der Waals surface area contributed by atoms with Gasteiger partial charge >= 0.3 is 0 Å². The molecule has 1 aliphatic heterocycles. The first-order valence-corrected chi connectivity index (χ1v) is 8.89. The Labute approximate surface area is 147 Å². The fourth-order valence-corrected chi connectivity index (χ4v) is 3.63. The van der Waals surface area contributed by atoms with Gasteiger partial charge < -0.3 is 5.73 Å². The van der Waals surface area contributed by atoms with Gasteiger partial charge in [-0.2, -0.15) is 5.10 Å². The van der Waals surface area contributed by atoms with E-state index >= 15 is 0 Å². The number of halogens is 1. The van der Waals surface area contributed by atoms with Crippen LogP contribution in [0.15, 0.2) is 24.3 Å². The molecule has 2 atom stereocenters. The van der Waals surface area contributed by atoms with Crippen LogP contribution in [0.4, 0.5) is 10.2 Å². The second-order valence-corrected chi connectivity index (χ2v) is 6.59. The van der Waals surface area contributed by atoms with E-state index in [1.54, 1.807) is 17.0 Å². The summed E-state index contributed by atoms with van der Waals surface area (Å²) in [7, 11) is 0. The maximum Gasteiger partial charge on any atom is 0.246 e. The minimum absolute atomic E-state index is 0.121. The molecule has 6 heteroatoms. The van der Waals surface area contributed by atoms with Crippen LogP contribution in [0.25, 0.3) is 0 Å². The number of benzene rings is 1. The van der Waals surface area contributed by atoms with Crippen molar-refractivity contribution in [3.8, 4) is 0 Å². The highest BCUT2D eigenvalue weighted by atomic mass is 19.1. The summed E-state index contributed by atoms with van der Waals surface area (Å²) in [6.45, 7) is 7.53. The summed E-state index contributed by atoms with van der Waals surface area (Å²) in [5.74, 6) is -0.0221. The Morgan fingerprint density at radius 1 is 1.16 bits per heavy atom. The molecular formula is C19H25FN4O. The molecule has 134 valence electrons. The molecule has 25 heavy (non-hydrogen) atoms. The van der Waals surface area contributed by atoms with Gasteiger partial charge in [-0.05, 0) is 37.5 Å². The molecule has 1 aliphatic rings. The third kappa shape index (κ3) is 2.95. The molecule has 0 fully saturated rings. The van der Waals surface area contributed by atoms with Gasteiger partial charge in [-0.1, -0.05) is 26.0 Å². The van der Waals surface area contributed by atoms with E-state index in [9.17, 15) is 9.18 Å². The predicted molar refractivity (Wildman–Crippen MR) is 96.1 cm³/mol. The van der Waals surface area contributed by atoms with E-state index < -0.39 is 6.04 Å². The SMILES string of the molecule is CCCN1C(=O)[C@@H](N)[C@@H](c2ccc(F)cc2)c2c1nn(CCC)c2C. The zero-order chi connectivity index (χ0) is 18.1. The van der Waals surface area contributed by atoms with Crippen molar-refractivity contribution >= 4 is 11.7 Å². The first-order chi connectivity index (χ1) is 12.0. The van der Waals surface area contributed by atoms with Gasteiger partial charge in [0.25, 0.3) is 0 Å². The number of rotatable bonds is 5. The number of aryl methyl sites for hydroxylation is 1. The van der Waals surface area contributed by atoms with Crippen LogP contribution in [0, 0.1) is 12.7 Å². The molecule has 0 saturated heterocycles. The molecule has 3 rings (SSSR count). The number of anilines is 1. The van der Waals surface area contributed by atoms with Crippen molar-refractivity contribution in [2.45, 2.75) is 52.1 Å². The van der Waals surface area contributed by atoms with Crippen molar-refractivity contribution in [1.29, 1.82) is 0 Å². The van der Waals surface area contributed by atoms with Crippen LogP contribution in [0.2, 0.25) is 0 Å². The van der Waals surface area contributed by atoms with Crippen LogP contribution in [-0.4, -0.2) is 28.3 Å². The molecule has 1 aromatic carbocycles. The quantitative estimate of drug-likeness (QED) is 0.907. The Morgan fingerprint density at radius 2 is 1.80 bits per heavy atom. The summed E-state index contributed by atoms with van der Waals surface area (Å²) >= 11 is 0. The number of hydrogen-bond acceptors (Lipinski definition) is 3. The number of fused-ring (bicyclic) bond motifs is 1. The van der Waals surface area contributed by atoms with Crippen LogP contribution in [0.3, 0.4) is 0 Å². The van der Waals surface area contributed by atoms with Crippen molar-refractivity contribution in [2.24, 2.45) is 5.73 Å². The summed E-state index contributed by atoms with van der Waals surface area (Å²) in [5.41, 5.74) is 9.21. The smallest absolute Gasteiger partial charge is 0.246 e. The molecule has 1 amide bonds. The van der Waals surface area contributed by atoms with Crippen LogP contribution in [0.5, 0.6) is 0 Å². The van der Waals surface area contributed by atoms with E-state index in [-0.39, 0.29) is 17.6 Å². The van der Waals surface area contributed by atoms with Crippen molar-refractivity contribution in [1.82, 2.24) is 9.78 Å². The molecule has 1 aromatic heterocycles. The Balaban J connectivity index is 2.18. The zero-order valence-corrected chi connectivity index (χ0v) is 15.0. The highest BCUT2D eigenvalue weighted by Crippen LogP contribution is 2.41. The van der Waals surface area contributed by atoms with Crippen molar-refractivity contribution in [3.05, 3.63) is 46.9 Å². The average Bonchev–Trinajstić information content (AvgIpc) is 2.91. The Morgan fingerprint density at radius 3 is 2.40 bits per heavy atom. The van der Waals surface area contributed by atoms with Crippen LogP contribution < -0.4 is 10.6 Å². The molecular weight excluding hydrogens is 319 g/mol. The van der Waals surface area contributed by atoms with Crippen molar-refractivity contribution in [3.63, 3.8) is 0 Å². The molecule has 0 radical (unpaired) electrons.